The van der Waals surface area contributed by atoms with Gasteiger partial charge in [0.15, 0.2) is 0 Å². The van der Waals surface area contributed by atoms with Gasteiger partial charge in [-0.05, 0) is 36.8 Å². The van der Waals surface area contributed by atoms with Crippen LogP contribution in [0.2, 0.25) is 0 Å². The van der Waals surface area contributed by atoms with E-state index >= 15 is 0 Å². The smallest absolute Gasteiger partial charge is 0.253 e. The molecule has 0 saturated heterocycles. The van der Waals surface area contributed by atoms with Crippen molar-refractivity contribution in [1.82, 2.24) is 4.90 Å². The standard InChI is InChI=1S/C20H26N2O2/c1-4-5-14-21(2)18-12-10-16(11-13-18)20(24)22(3)15-17-8-6-7-9-19(17)23/h6-13,23H,4-5,14-15H2,1-3H3. The number of rotatable bonds is 7. The maximum atomic E-state index is 12.5. The number of carbonyl (C=O) groups excluding carboxylic acids is 1. The lowest BCUT2D eigenvalue weighted by Gasteiger charge is -2.21. The highest BCUT2D eigenvalue weighted by atomic mass is 16.3. The first kappa shape index (κ1) is 17.9. The number of hydrogen-bond donors (Lipinski definition) is 1. The Labute approximate surface area is 144 Å². The van der Waals surface area contributed by atoms with Crippen LogP contribution in [-0.4, -0.2) is 36.6 Å². The van der Waals surface area contributed by atoms with Crippen molar-refractivity contribution in [3.8, 4) is 5.75 Å². The topological polar surface area (TPSA) is 43.8 Å². The molecule has 2 aromatic carbocycles. The minimum Gasteiger partial charge on any atom is -0.508 e. The van der Waals surface area contributed by atoms with Crippen LogP contribution in [0, 0.1) is 0 Å². The zero-order valence-electron chi connectivity index (χ0n) is 14.7. The molecule has 1 amide bonds. The van der Waals surface area contributed by atoms with Crippen LogP contribution in [0.1, 0.15) is 35.7 Å². The lowest BCUT2D eigenvalue weighted by atomic mass is 10.1. The predicted molar refractivity (Wildman–Crippen MR) is 98.5 cm³/mol. The number of hydrogen-bond acceptors (Lipinski definition) is 3. The summed E-state index contributed by atoms with van der Waals surface area (Å²) in [6.45, 7) is 3.57. The Bertz CT molecular complexity index is 668. The van der Waals surface area contributed by atoms with Gasteiger partial charge in [-0.25, -0.2) is 0 Å². The minimum absolute atomic E-state index is 0.0546. The van der Waals surface area contributed by atoms with E-state index in [2.05, 4.69) is 18.9 Å². The average Bonchev–Trinajstić information content (AvgIpc) is 2.61. The number of phenols is 1. The number of carbonyl (C=O) groups is 1. The fourth-order valence-corrected chi connectivity index (χ4v) is 2.58. The Morgan fingerprint density at radius 3 is 2.33 bits per heavy atom. The molecule has 0 unspecified atom stereocenters. The molecule has 0 aliphatic heterocycles. The first-order valence-electron chi connectivity index (χ1n) is 8.36. The summed E-state index contributed by atoms with van der Waals surface area (Å²) in [5, 5.41) is 9.84. The van der Waals surface area contributed by atoms with E-state index in [-0.39, 0.29) is 11.7 Å². The Hall–Kier alpha value is -2.49. The second-order valence-corrected chi connectivity index (χ2v) is 6.11. The first-order chi connectivity index (χ1) is 11.5. The molecule has 2 aromatic rings. The van der Waals surface area contributed by atoms with Crippen LogP contribution >= 0.6 is 0 Å². The molecule has 0 aliphatic carbocycles. The van der Waals surface area contributed by atoms with Crippen LogP contribution in [0.5, 0.6) is 5.75 Å². The number of benzene rings is 2. The highest BCUT2D eigenvalue weighted by Gasteiger charge is 2.13. The van der Waals surface area contributed by atoms with Gasteiger partial charge in [-0.15, -0.1) is 0 Å². The average molecular weight is 326 g/mol. The summed E-state index contributed by atoms with van der Waals surface area (Å²) in [6, 6.07) is 14.8. The van der Waals surface area contributed by atoms with E-state index in [1.54, 1.807) is 24.1 Å². The normalized spacial score (nSPS) is 10.5. The third-order valence-electron chi connectivity index (χ3n) is 4.15. The van der Waals surface area contributed by atoms with Crippen molar-refractivity contribution < 1.29 is 9.90 Å². The summed E-state index contributed by atoms with van der Waals surface area (Å²) in [5.41, 5.74) is 2.51. The molecule has 128 valence electrons. The first-order valence-corrected chi connectivity index (χ1v) is 8.36. The summed E-state index contributed by atoms with van der Waals surface area (Å²) >= 11 is 0. The lowest BCUT2D eigenvalue weighted by Crippen LogP contribution is -2.26. The SMILES string of the molecule is CCCCN(C)c1ccc(C(=O)N(C)Cc2ccccc2O)cc1. The van der Waals surface area contributed by atoms with Crippen molar-refractivity contribution in [2.75, 3.05) is 25.5 Å². The molecule has 0 atom stereocenters. The van der Waals surface area contributed by atoms with Crippen molar-refractivity contribution in [1.29, 1.82) is 0 Å². The molecule has 0 saturated carbocycles. The minimum atomic E-state index is -0.0546. The van der Waals surface area contributed by atoms with Gasteiger partial charge in [0, 0.05) is 44.0 Å². The van der Waals surface area contributed by atoms with Crippen molar-refractivity contribution in [2.24, 2.45) is 0 Å². The number of amides is 1. The van der Waals surface area contributed by atoms with Gasteiger partial charge < -0.3 is 14.9 Å². The molecule has 0 fully saturated rings. The van der Waals surface area contributed by atoms with Crippen molar-refractivity contribution >= 4 is 11.6 Å². The fraction of sp³-hybridized carbons (Fsp3) is 0.350. The molecule has 1 N–H and O–H groups in total. The molecule has 2 rings (SSSR count). The number of anilines is 1. The number of unbranched alkanes of at least 4 members (excludes halogenated alkanes) is 1. The van der Waals surface area contributed by atoms with Crippen LogP contribution < -0.4 is 4.90 Å². The Balaban J connectivity index is 2.02. The predicted octanol–water partition coefficient (Wildman–Crippen LogP) is 3.90. The summed E-state index contributed by atoms with van der Waals surface area (Å²) in [5.74, 6) is 0.158. The maximum absolute atomic E-state index is 12.5. The molecule has 0 radical (unpaired) electrons. The summed E-state index contributed by atoms with van der Waals surface area (Å²) in [7, 11) is 3.81. The van der Waals surface area contributed by atoms with Crippen LogP contribution in [-0.2, 0) is 6.54 Å². The summed E-state index contributed by atoms with van der Waals surface area (Å²) in [6.07, 6.45) is 2.32. The van der Waals surface area contributed by atoms with Crippen LogP contribution in [0.15, 0.2) is 48.5 Å². The Morgan fingerprint density at radius 2 is 1.71 bits per heavy atom. The Morgan fingerprint density at radius 1 is 1.04 bits per heavy atom. The fourth-order valence-electron chi connectivity index (χ4n) is 2.58. The van der Waals surface area contributed by atoms with Crippen molar-refractivity contribution in [3.63, 3.8) is 0 Å². The lowest BCUT2D eigenvalue weighted by molar-refractivity contribution is 0.0784. The van der Waals surface area contributed by atoms with Gasteiger partial charge in [0.25, 0.3) is 5.91 Å². The largest absolute Gasteiger partial charge is 0.508 e. The number of nitrogens with zero attached hydrogens (tertiary/aromatic N) is 2. The van der Waals surface area contributed by atoms with E-state index < -0.39 is 0 Å². The van der Waals surface area contributed by atoms with E-state index in [1.807, 2.05) is 36.4 Å². The molecular formula is C20H26N2O2. The molecule has 0 spiro atoms. The van der Waals surface area contributed by atoms with E-state index in [1.165, 1.54) is 0 Å². The third kappa shape index (κ3) is 4.51. The second-order valence-electron chi connectivity index (χ2n) is 6.11. The molecular weight excluding hydrogens is 300 g/mol. The number of phenolic OH excluding ortho intramolecular Hbond substituents is 1. The summed E-state index contributed by atoms with van der Waals surface area (Å²) in [4.78, 5) is 16.4. The molecule has 4 heteroatoms. The highest BCUT2D eigenvalue weighted by molar-refractivity contribution is 5.94. The third-order valence-corrected chi connectivity index (χ3v) is 4.15. The zero-order valence-corrected chi connectivity index (χ0v) is 14.7. The van der Waals surface area contributed by atoms with Crippen LogP contribution in [0.4, 0.5) is 5.69 Å². The van der Waals surface area contributed by atoms with Crippen LogP contribution in [0.3, 0.4) is 0 Å². The molecule has 4 nitrogen and oxygen atoms in total. The molecule has 0 bridgehead atoms. The monoisotopic (exact) mass is 326 g/mol. The quantitative estimate of drug-likeness (QED) is 0.839. The highest BCUT2D eigenvalue weighted by Crippen LogP contribution is 2.19. The van der Waals surface area contributed by atoms with Crippen molar-refractivity contribution in [3.05, 3.63) is 59.7 Å². The number of aromatic hydroxyl groups is 1. The molecule has 0 heterocycles. The second kappa shape index (κ2) is 8.39. The van der Waals surface area contributed by atoms with Crippen molar-refractivity contribution in [2.45, 2.75) is 26.3 Å². The van der Waals surface area contributed by atoms with Gasteiger partial charge in [-0.3, -0.25) is 4.79 Å². The summed E-state index contributed by atoms with van der Waals surface area (Å²) < 4.78 is 0. The molecule has 0 aromatic heterocycles. The van der Waals surface area contributed by atoms with E-state index in [9.17, 15) is 9.90 Å². The van der Waals surface area contributed by atoms with E-state index in [4.69, 9.17) is 0 Å². The Kier molecular flexibility index (Phi) is 6.24. The van der Waals surface area contributed by atoms with Gasteiger partial charge in [-0.2, -0.15) is 0 Å². The van der Waals surface area contributed by atoms with E-state index in [0.717, 1.165) is 30.6 Å². The number of para-hydroxylation sites is 1. The van der Waals surface area contributed by atoms with Crippen LogP contribution in [0.25, 0.3) is 0 Å². The van der Waals surface area contributed by atoms with Gasteiger partial charge in [-0.1, -0.05) is 31.5 Å². The van der Waals surface area contributed by atoms with E-state index in [0.29, 0.717) is 12.1 Å². The molecule has 24 heavy (non-hydrogen) atoms. The van der Waals surface area contributed by atoms with Gasteiger partial charge in [0.1, 0.15) is 5.75 Å². The van der Waals surface area contributed by atoms with Gasteiger partial charge in [0.05, 0.1) is 0 Å². The van der Waals surface area contributed by atoms with Gasteiger partial charge in [0.2, 0.25) is 0 Å². The van der Waals surface area contributed by atoms with Gasteiger partial charge >= 0.3 is 0 Å². The maximum Gasteiger partial charge on any atom is 0.253 e. The molecule has 0 aliphatic rings. The zero-order chi connectivity index (χ0) is 17.5.